The topological polar surface area (TPSA) is 173 Å². The Morgan fingerprint density at radius 3 is 2.60 bits per heavy atom. The first-order chi connectivity index (χ1) is 19.2. The summed E-state index contributed by atoms with van der Waals surface area (Å²) in [5.74, 6) is -0.204. The molecule has 13 heteroatoms. The minimum atomic E-state index is -4.27. The van der Waals surface area contributed by atoms with Crippen LogP contribution in [0.1, 0.15) is 11.4 Å². The van der Waals surface area contributed by atoms with E-state index in [2.05, 4.69) is 25.0 Å². The van der Waals surface area contributed by atoms with Crippen molar-refractivity contribution in [3.8, 4) is 11.5 Å². The van der Waals surface area contributed by atoms with Crippen LogP contribution in [0.4, 0.5) is 5.82 Å². The summed E-state index contributed by atoms with van der Waals surface area (Å²) in [6.07, 6.45) is 5.02. The normalized spacial score (nSPS) is 12.3. The van der Waals surface area contributed by atoms with Crippen LogP contribution < -0.4 is 25.1 Å². The SMILES string of the molecule is COc1ccc(S(=O)(=O)N[C@@H](Cc2nc3ccc(/C=C/CNc4ccccn4)cc3c(=O)[nH]2)C(=O)O)cc1OC. The molecule has 0 spiro atoms. The second-order valence-electron chi connectivity index (χ2n) is 8.52. The first kappa shape index (κ1) is 28.3. The Kier molecular flexibility index (Phi) is 8.76. The number of aromatic nitrogens is 3. The van der Waals surface area contributed by atoms with Crippen LogP contribution in [0.5, 0.6) is 11.5 Å². The highest BCUT2D eigenvalue weighted by atomic mass is 32.2. The lowest BCUT2D eigenvalue weighted by Crippen LogP contribution is -2.42. The van der Waals surface area contributed by atoms with Gasteiger partial charge in [-0.05, 0) is 42.0 Å². The number of aliphatic carboxylic acids is 1. The lowest BCUT2D eigenvalue weighted by molar-refractivity contribution is -0.139. The predicted molar refractivity (Wildman–Crippen MR) is 149 cm³/mol. The Balaban J connectivity index is 1.50. The number of nitrogens with zero attached hydrogens (tertiary/aromatic N) is 2. The number of hydrogen-bond acceptors (Lipinski definition) is 9. The molecule has 40 heavy (non-hydrogen) atoms. The zero-order chi connectivity index (χ0) is 28.7. The number of anilines is 1. The van der Waals surface area contributed by atoms with Crippen LogP contribution in [0.15, 0.2) is 76.6 Å². The van der Waals surface area contributed by atoms with Crippen molar-refractivity contribution in [3.05, 3.63) is 88.6 Å². The summed E-state index contributed by atoms with van der Waals surface area (Å²) in [6, 6.07) is 12.9. The summed E-state index contributed by atoms with van der Waals surface area (Å²) >= 11 is 0. The molecule has 0 aliphatic carbocycles. The number of methoxy groups -OCH3 is 2. The average molecular weight is 566 g/mol. The van der Waals surface area contributed by atoms with E-state index in [0.29, 0.717) is 23.2 Å². The maximum absolute atomic E-state index is 12.9. The molecule has 0 aliphatic heterocycles. The van der Waals surface area contributed by atoms with Crippen molar-refractivity contribution >= 4 is 38.8 Å². The van der Waals surface area contributed by atoms with Crippen molar-refractivity contribution < 1.29 is 27.8 Å². The van der Waals surface area contributed by atoms with Crippen LogP contribution in [-0.2, 0) is 21.2 Å². The summed E-state index contributed by atoms with van der Waals surface area (Å²) in [5.41, 5.74) is 0.629. The number of aromatic amines is 1. The summed E-state index contributed by atoms with van der Waals surface area (Å²) < 4.78 is 38.3. The van der Waals surface area contributed by atoms with Crippen LogP contribution in [0, 0.1) is 0 Å². The van der Waals surface area contributed by atoms with Gasteiger partial charge in [-0.2, -0.15) is 4.72 Å². The van der Waals surface area contributed by atoms with E-state index >= 15 is 0 Å². The number of sulfonamides is 1. The summed E-state index contributed by atoms with van der Waals surface area (Å²) in [6.45, 7) is 0.526. The van der Waals surface area contributed by atoms with Gasteiger partial charge in [-0.25, -0.2) is 18.4 Å². The number of carboxylic acid groups (broad SMARTS) is 1. The van der Waals surface area contributed by atoms with Gasteiger partial charge in [-0.1, -0.05) is 24.3 Å². The Labute approximate surface area is 229 Å². The van der Waals surface area contributed by atoms with Gasteiger partial charge in [-0.15, -0.1) is 0 Å². The highest BCUT2D eigenvalue weighted by molar-refractivity contribution is 7.89. The number of ether oxygens (including phenoxy) is 2. The number of carbonyl (C=O) groups is 1. The summed E-state index contributed by atoms with van der Waals surface area (Å²) in [4.78, 5) is 35.6. The fourth-order valence-corrected chi connectivity index (χ4v) is 5.05. The van der Waals surface area contributed by atoms with Crippen molar-refractivity contribution in [2.75, 3.05) is 26.1 Å². The molecule has 0 saturated heterocycles. The molecular weight excluding hydrogens is 538 g/mol. The van der Waals surface area contributed by atoms with Gasteiger partial charge >= 0.3 is 5.97 Å². The second kappa shape index (κ2) is 12.4. The maximum atomic E-state index is 12.9. The van der Waals surface area contributed by atoms with Crippen LogP contribution in [-0.4, -0.2) is 61.3 Å². The van der Waals surface area contributed by atoms with E-state index in [4.69, 9.17) is 9.47 Å². The number of hydrogen-bond donors (Lipinski definition) is 4. The van der Waals surface area contributed by atoms with Crippen molar-refractivity contribution in [1.29, 1.82) is 0 Å². The molecule has 2 aromatic carbocycles. The van der Waals surface area contributed by atoms with Crippen molar-refractivity contribution in [2.45, 2.75) is 17.4 Å². The van der Waals surface area contributed by atoms with Gasteiger partial charge in [0.2, 0.25) is 10.0 Å². The Bertz CT molecular complexity index is 1710. The van der Waals surface area contributed by atoms with Crippen LogP contribution in [0.2, 0.25) is 0 Å². The summed E-state index contributed by atoms with van der Waals surface area (Å²) in [7, 11) is -1.52. The van der Waals surface area contributed by atoms with Gasteiger partial charge in [0.1, 0.15) is 17.7 Å². The van der Waals surface area contributed by atoms with Crippen LogP contribution in [0.3, 0.4) is 0 Å². The third kappa shape index (κ3) is 6.81. The zero-order valence-electron chi connectivity index (χ0n) is 21.6. The van der Waals surface area contributed by atoms with Gasteiger partial charge < -0.3 is 24.9 Å². The molecule has 4 rings (SSSR count). The van der Waals surface area contributed by atoms with E-state index in [0.717, 1.165) is 11.4 Å². The minimum absolute atomic E-state index is 0.0164. The third-order valence-corrected chi connectivity index (χ3v) is 7.28. The molecule has 4 N–H and O–H groups in total. The number of H-pyrrole nitrogens is 1. The van der Waals surface area contributed by atoms with Gasteiger partial charge in [0, 0.05) is 25.2 Å². The third-order valence-electron chi connectivity index (χ3n) is 5.81. The first-order valence-corrected chi connectivity index (χ1v) is 13.5. The number of benzene rings is 2. The van der Waals surface area contributed by atoms with E-state index in [-0.39, 0.29) is 16.5 Å². The lowest BCUT2D eigenvalue weighted by Gasteiger charge is -2.16. The first-order valence-electron chi connectivity index (χ1n) is 12.0. The van der Waals surface area contributed by atoms with Crippen LogP contribution in [0.25, 0.3) is 17.0 Å². The number of carboxylic acids is 1. The van der Waals surface area contributed by atoms with E-state index < -0.39 is 34.0 Å². The predicted octanol–water partition coefficient (Wildman–Crippen LogP) is 2.43. The fraction of sp³-hybridized carbons (Fsp3) is 0.185. The molecule has 2 heterocycles. The number of nitrogens with one attached hydrogen (secondary N) is 3. The molecule has 0 radical (unpaired) electrons. The molecule has 4 aromatic rings. The Hall–Kier alpha value is -4.75. The molecular formula is C27H27N5O7S. The quantitative estimate of drug-likeness (QED) is 0.200. The zero-order valence-corrected chi connectivity index (χ0v) is 22.4. The van der Waals surface area contributed by atoms with Crippen molar-refractivity contribution in [1.82, 2.24) is 19.7 Å². The fourth-order valence-electron chi connectivity index (χ4n) is 3.84. The van der Waals surface area contributed by atoms with Crippen molar-refractivity contribution in [2.24, 2.45) is 0 Å². The number of pyridine rings is 1. The number of rotatable bonds is 12. The van der Waals surface area contributed by atoms with Gasteiger partial charge in [-0.3, -0.25) is 9.59 Å². The van der Waals surface area contributed by atoms with Gasteiger partial charge in [0.25, 0.3) is 5.56 Å². The Morgan fingerprint density at radius 2 is 1.90 bits per heavy atom. The average Bonchev–Trinajstić information content (AvgIpc) is 2.95. The second-order valence-corrected chi connectivity index (χ2v) is 10.2. The largest absolute Gasteiger partial charge is 0.493 e. The number of fused-ring (bicyclic) bond motifs is 1. The van der Waals surface area contributed by atoms with E-state index in [1.165, 1.54) is 32.4 Å². The molecule has 0 aliphatic rings. The molecule has 12 nitrogen and oxygen atoms in total. The van der Waals surface area contributed by atoms with Crippen LogP contribution >= 0.6 is 0 Å². The molecule has 208 valence electrons. The lowest BCUT2D eigenvalue weighted by atomic mass is 10.1. The summed E-state index contributed by atoms with van der Waals surface area (Å²) in [5, 5.41) is 13.2. The standard InChI is InChI=1S/C27H27N5O7S/c1-38-22-11-9-18(15-23(22)39-2)40(36,37)32-21(27(34)35)16-25-30-20-10-8-17(14-19(20)26(33)31-25)6-5-13-29-24-7-3-4-12-28-24/h3-12,14-15,21,32H,13,16H2,1-2H3,(H,28,29)(H,34,35)(H,30,31,33)/b6-5+/t21-/m0/s1. The Morgan fingerprint density at radius 1 is 1.10 bits per heavy atom. The molecule has 1 atom stereocenters. The van der Waals surface area contributed by atoms with E-state index in [1.807, 2.05) is 30.4 Å². The highest BCUT2D eigenvalue weighted by Gasteiger charge is 2.27. The minimum Gasteiger partial charge on any atom is -0.493 e. The van der Waals surface area contributed by atoms with Gasteiger partial charge in [0.05, 0.1) is 30.0 Å². The monoisotopic (exact) mass is 565 g/mol. The maximum Gasteiger partial charge on any atom is 0.322 e. The molecule has 0 fully saturated rings. The molecule has 0 amide bonds. The molecule has 0 bridgehead atoms. The smallest absolute Gasteiger partial charge is 0.322 e. The van der Waals surface area contributed by atoms with E-state index in [1.54, 1.807) is 24.4 Å². The molecule has 2 aromatic heterocycles. The van der Waals surface area contributed by atoms with E-state index in [9.17, 15) is 23.1 Å². The van der Waals surface area contributed by atoms with Crippen molar-refractivity contribution in [3.63, 3.8) is 0 Å². The molecule has 0 unspecified atom stereocenters. The van der Waals surface area contributed by atoms with Gasteiger partial charge in [0.15, 0.2) is 11.5 Å². The highest BCUT2D eigenvalue weighted by Crippen LogP contribution is 2.29. The molecule has 0 saturated carbocycles.